The molecule has 0 amide bonds. The Morgan fingerprint density at radius 2 is 2.18 bits per heavy atom. The predicted molar refractivity (Wildman–Crippen MR) is 54.4 cm³/mol. The smallest absolute Gasteiger partial charge is 0.264 e. The normalized spacial score (nSPS) is 10.5. The first kappa shape index (κ1) is 11.5. The van der Waals surface area contributed by atoms with Crippen molar-refractivity contribution in [2.75, 3.05) is 0 Å². The van der Waals surface area contributed by atoms with Crippen LogP contribution in [0.2, 0.25) is 0 Å². The third-order valence-electron chi connectivity index (χ3n) is 2.07. The third kappa shape index (κ3) is 2.77. The number of aromatic nitrogens is 2. The molecule has 0 saturated carbocycles. The molecule has 0 N–H and O–H groups in total. The number of benzene rings is 1. The maximum absolute atomic E-state index is 13.2. The molecule has 2 rings (SSSR count). The van der Waals surface area contributed by atoms with Gasteiger partial charge in [0.2, 0.25) is 0 Å². The Bertz CT molecular complexity index is 514. The van der Waals surface area contributed by atoms with Gasteiger partial charge in [-0.1, -0.05) is 12.1 Å². The van der Waals surface area contributed by atoms with Crippen LogP contribution in [0.1, 0.15) is 18.6 Å². The highest BCUT2D eigenvalue weighted by molar-refractivity contribution is 5.24. The fourth-order valence-corrected chi connectivity index (χ4v) is 1.22. The van der Waals surface area contributed by atoms with E-state index < -0.39 is 11.6 Å². The lowest BCUT2D eigenvalue weighted by atomic mass is 10.3. The van der Waals surface area contributed by atoms with E-state index in [4.69, 9.17) is 9.26 Å². The van der Waals surface area contributed by atoms with Gasteiger partial charge in [0.05, 0.1) is 0 Å². The van der Waals surface area contributed by atoms with Gasteiger partial charge in [-0.15, -0.1) is 0 Å². The molecule has 0 aliphatic carbocycles. The first-order chi connectivity index (χ1) is 8.19. The molecule has 0 radical (unpaired) electrons. The largest absolute Gasteiger partial charge is 0.481 e. The van der Waals surface area contributed by atoms with Gasteiger partial charge in [-0.3, -0.25) is 0 Å². The van der Waals surface area contributed by atoms with Crippen molar-refractivity contribution in [3.63, 3.8) is 0 Å². The lowest BCUT2D eigenvalue weighted by Crippen LogP contribution is -1.98. The molecule has 0 spiro atoms. The number of hydrogen-bond donors (Lipinski definition) is 0. The van der Waals surface area contributed by atoms with Crippen LogP contribution in [0.5, 0.6) is 5.75 Å². The molecule has 2 aromatic rings. The van der Waals surface area contributed by atoms with Crippen molar-refractivity contribution >= 4 is 0 Å². The van der Waals surface area contributed by atoms with E-state index in [-0.39, 0.29) is 18.2 Å². The molecule has 0 aliphatic rings. The van der Waals surface area contributed by atoms with Gasteiger partial charge in [0.25, 0.3) is 5.89 Å². The zero-order chi connectivity index (χ0) is 12.3. The number of rotatable bonds is 4. The van der Waals surface area contributed by atoms with E-state index in [1.807, 2.05) is 6.92 Å². The molecule has 0 aliphatic heterocycles. The lowest BCUT2D eigenvalue weighted by Gasteiger charge is -2.03. The third-order valence-corrected chi connectivity index (χ3v) is 2.07. The Morgan fingerprint density at radius 1 is 1.35 bits per heavy atom. The molecular weight excluding hydrogens is 230 g/mol. The highest BCUT2D eigenvalue weighted by atomic mass is 19.1. The van der Waals surface area contributed by atoms with E-state index in [0.29, 0.717) is 12.2 Å². The molecule has 0 saturated heterocycles. The van der Waals surface area contributed by atoms with Crippen LogP contribution in [0, 0.1) is 11.6 Å². The van der Waals surface area contributed by atoms with E-state index in [0.717, 1.165) is 12.1 Å². The van der Waals surface area contributed by atoms with Crippen molar-refractivity contribution < 1.29 is 18.0 Å². The highest BCUT2D eigenvalue weighted by Gasteiger charge is 2.08. The van der Waals surface area contributed by atoms with Gasteiger partial charge in [-0.25, -0.2) is 8.78 Å². The van der Waals surface area contributed by atoms with Crippen molar-refractivity contribution in [3.8, 4) is 5.75 Å². The Kier molecular flexibility index (Phi) is 3.32. The fourth-order valence-electron chi connectivity index (χ4n) is 1.22. The van der Waals surface area contributed by atoms with Crippen molar-refractivity contribution in [1.82, 2.24) is 10.1 Å². The van der Waals surface area contributed by atoms with Gasteiger partial charge in [-0.05, 0) is 12.1 Å². The van der Waals surface area contributed by atoms with Crippen LogP contribution in [0.4, 0.5) is 8.78 Å². The first-order valence-electron chi connectivity index (χ1n) is 5.08. The Hall–Kier alpha value is -1.98. The summed E-state index contributed by atoms with van der Waals surface area (Å²) >= 11 is 0. The quantitative estimate of drug-likeness (QED) is 0.823. The number of aryl methyl sites for hydroxylation is 1. The zero-order valence-corrected chi connectivity index (χ0v) is 9.11. The molecule has 0 bridgehead atoms. The van der Waals surface area contributed by atoms with Crippen molar-refractivity contribution in [3.05, 3.63) is 41.5 Å². The number of hydrogen-bond acceptors (Lipinski definition) is 4. The number of nitrogens with zero attached hydrogens (tertiary/aromatic N) is 2. The second kappa shape index (κ2) is 4.90. The van der Waals surface area contributed by atoms with Crippen LogP contribution >= 0.6 is 0 Å². The molecule has 0 unspecified atom stereocenters. The number of ether oxygens (including phenoxy) is 1. The van der Waals surface area contributed by atoms with Crippen LogP contribution in [-0.4, -0.2) is 10.1 Å². The molecule has 4 nitrogen and oxygen atoms in total. The van der Waals surface area contributed by atoms with Gasteiger partial charge in [0.1, 0.15) is 5.82 Å². The van der Waals surface area contributed by atoms with Gasteiger partial charge >= 0.3 is 0 Å². The maximum atomic E-state index is 13.2. The first-order valence-corrected chi connectivity index (χ1v) is 5.08. The fraction of sp³-hybridized carbons (Fsp3) is 0.273. The van der Waals surface area contributed by atoms with Gasteiger partial charge in [0.15, 0.2) is 24.0 Å². The summed E-state index contributed by atoms with van der Waals surface area (Å²) in [6.45, 7) is 1.84. The summed E-state index contributed by atoms with van der Waals surface area (Å²) in [6.07, 6.45) is 0.647. The van der Waals surface area contributed by atoms with E-state index in [2.05, 4.69) is 10.1 Å². The molecule has 1 aromatic carbocycles. The van der Waals surface area contributed by atoms with Crippen LogP contribution in [0.25, 0.3) is 0 Å². The van der Waals surface area contributed by atoms with Crippen LogP contribution in [-0.2, 0) is 13.0 Å². The van der Waals surface area contributed by atoms with Gasteiger partial charge < -0.3 is 9.26 Å². The molecule has 0 atom stereocenters. The summed E-state index contributed by atoms with van der Waals surface area (Å²) in [4.78, 5) is 3.99. The Morgan fingerprint density at radius 3 is 2.82 bits per heavy atom. The molecule has 1 heterocycles. The summed E-state index contributed by atoms with van der Waals surface area (Å²) in [5, 5.41) is 3.66. The van der Waals surface area contributed by atoms with Gasteiger partial charge in [-0.2, -0.15) is 4.98 Å². The predicted octanol–water partition coefficient (Wildman–Crippen LogP) is 2.49. The average molecular weight is 240 g/mol. The average Bonchev–Trinajstić information content (AvgIpc) is 2.76. The van der Waals surface area contributed by atoms with E-state index in [1.165, 1.54) is 6.07 Å². The number of halogens is 2. The highest BCUT2D eigenvalue weighted by Crippen LogP contribution is 2.18. The monoisotopic (exact) mass is 240 g/mol. The minimum Gasteiger partial charge on any atom is -0.481 e. The molecular formula is C11H10F2N2O2. The van der Waals surface area contributed by atoms with E-state index in [9.17, 15) is 8.78 Å². The molecule has 17 heavy (non-hydrogen) atoms. The minimum atomic E-state index is -0.764. The Labute approximate surface area is 96.2 Å². The van der Waals surface area contributed by atoms with Crippen molar-refractivity contribution in [2.45, 2.75) is 20.0 Å². The van der Waals surface area contributed by atoms with Crippen LogP contribution < -0.4 is 4.74 Å². The standard InChI is InChI=1S/C11H10F2N2O2/c1-2-10-14-11(17-15-10)6-16-9-4-3-7(12)5-8(9)13/h3-5H,2,6H2,1H3. The summed E-state index contributed by atoms with van der Waals surface area (Å²) in [6, 6.07) is 3.08. The minimum absolute atomic E-state index is 0.0461. The van der Waals surface area contributed by atoms with E-state index >= 15 is 0 Å². The molecule has 90 valence electrons. The van der Waals surface area contributed by atoms with Crippen molar-refractivity contribution in [2.24, 2.45) is 0 Å². The van der Waals surface area contributed by atoms with Crippen LogP contribution in [0.15, 0.2) is 22.7 Å². The Balaban J connectivity index is 2.02. The summed E-state index contributed by atoms with van der Waals surface area (Å²) in [7, 11) is 0. The second-order valence-electron chi connectivity index (χ2n) is 3.32. The van der Waals surface area contributed by atoms with Crippen LogP contribution in [0.3, 0.4) is 0 Å². The molecule has 0 fully saturated rings. The second-order valence-corrected chi connectivity index (χ2v) is 3.32. The SMILES string of the molecule is CCc1noc(COc2ccc(F)cc2F)n1. The summed E-state index contributed by atoms with van der Waals surface area (Å²) in [5.41, 5.74) is 0. The van der Waals surface area contributed by atoms with E-state index in [1.54, 1.807) is 0 Å². The maximum Gasteiger partial charge on any atom is 0.264 e. The zero-order valence-electron chi connectivity index (χ0n) is 9.11. The molecule has 1 aromatic heterocycles. The lowest BCUT2D eigenvalue weighted by molar-refractivity contribution is 0.233. The summed E-state index contributed by atoms with van der Waals surface area (Å²) < 4.78 is 35.8. The summed E-state index contributed by atoms with van der Waals surface area (Å²) in [5.74, 6) is -0.655. The molecule has 6 heteroatoms. The van der Waals surface area contributed by atoms with Gasteiger partial charge in [0, 0.05) is 12.5 Å². The topological polar surface area (TPSA) is 48.2 Å². The van der Waals surface area contributed by atoms with Crippen molar-refractivity contribution in [1.29, 1.82) is 0 Å².